The average Bonchev–Trinajstić information content (AvgIpc) is 2.77. The molecule has 2 atom stereocenters. The number of nitrogens with one attached hydrogen (secondary N) is 1. The first-order valence-electron chi connectivity index (χ1n) is 11.0. The van der Waals surface area contributed by atoms with Crippen molar-refractivity contribution in [2.24, 2.45) is 0 Å². The lowest BCUT2D eigenvalue weighted by molar-refractivity contribution is -0.159. The molecule has 4 rings (SSSR count). The van der Waals surface area contributed by atoms with E-state index in [0.717, 1.165) is 17.0 Å². The molecule has 174 valence electrons. The second kappa shape index (κ2) is 9.84. The van der Waals surface area contributed by atoms with Crippen molar-refractivity contribution in [1.29, 1.82) is 0 Å². The van der Waals surface area contributed by atoms with Crippen LogP contribution in [-0.2, 0) is 22.6 Å². The minimum atomic E-state index is -0.656. The number of fused-ring (bicyclic) bond motifs is 1. The highest BCUT2D eigenvalue weighted by Crippen LogP contribution is 2.44. The summed E-state index contributed by atoms with van der Waals surface area (Å²) in [5, 5.41) is 3.48. The van der Waals surface area contributed by atoms with Gasteiger partial charge in [0.05, 0.1) is 6.61 Å². The monoisotopic (exact) mass is 513 g/mol. The first-order chi connectivity index (χ1) is 15.8. The molecule has 1 aliphatic heterocycles. The minimum Gasteiger partial charge on any atom is -0.485 e. The first kappa shape index (κ1) is 23.7. The fourth-order valence-electron chi connectivity index (χ4n) is 4.11. The molecule has 4 nitrogen and oxygen atoms in total. The van der Waals surface area contributed by atoms with Crippen molar-refractivity contribution in [2.45, 2.75) is 51.7 Å². The number of methoxy groups -OCH3 is 1. The fourth-order valence-corrected chi connectivity index (χ4v) is 4.44. The molecule has 1 heterocycles. The maximum atomic E-state index is 14.3. The third-order valence-electron chi connectivity index (χ3n) is 5.95. The lowest BCUT2D eigenvalue weighted by atomic mass is 9.88. The van der Waals surface area contributed by atoms with Gasteiger partial charge in [0.1, 0.15) is 29.4 Å². The second-order valence-corrected chi connectivity index (χ2v) is 9.84. The summed E-state index contributed by atoms with van der Waals surface area (Å²) in [4.78, 5) is 0. The second-order valence-electron chi connectivity index (χ2n) is 8.92. The SMILES string of the molecule is COC1c2cc(NCc3ccc(C)cc3)ccc2OC(C)(C)C1OCc1ccc(Br)cc1F. The molecule has 0 radical (unpaired) electrons. The summed E-state index contributed by atoms with van der Waals surface area (Å²) in [7, 11) is 1.67. The third-order valence-corrected chi connectivity index (χ3v) is 6.45. The average molecular weight is 514 g/mol. The summed E-state index contributed by atoms with van der Waals surface area (Å²) < 4.78 is 33.4. The molecule has 3 aromatic carbocycles. The number of hydrogen-bond donors (Lipinski definition) is 1. The molecule has 33 heavy (non-hydrogen) atoms. The van der Waals surface area contributed by atoms with Gasteiger partial charge in [0, 0.05) is 34.9 Å². The summed E-state index contributed by atoms with van der Waals surface area (Å²) in [6.45, 7) is 6.85. The predicted octanol–water partition coefficient (Wildman–Crippen LogP) is 6.95. The van der Waals surface area contributed by atoms with Crippen LogP contribution in [0.4, 0.5) is 10.1 Å². The number of aryl methyl sites for hydroxylation is 1. The molecule has 0 spiro atoms. The molecule has 2 unspecified atom stereocenters. The van der Waals surface area contributed by atoms with E-state index in [4.69, 9.17) is 14.2 Å². The van der Waals surface area contributed by atoms with Crippen LogP contribution in [0.15, 0.2) is 65.1 Å². The smallest absolute Gasteiger partial charge is 0.132 e. The van der Waals surface area contributed by atoms with Crippen molar-refractivity contribution in [3.63, 3.8) is 0 Å². The zero-order valence-corrected chi connectivity index (χ0v) is 20.9. The number of anilines is 1. The molecule has 0 fully saturated rings. The molecule has 3 aromatic rings. The number of hydrogen-bond acceptors (Lipinski definition) is 4. The van der Waals surface area contributed by atoms with Crippen LogP contribution >= 0.6 is 15.9 Å². The van der Waals surface area contributed by atoms with Crippen LogP contribution in [0.1, 0.15) is 42.2 Å². The van der Waals surface area contributed by atoms with E-state index in [-0.39, 0.29) is 18.5 Å². The van der Waals surface area contributed by atoms with Crippen molar-refractivity contribution in [1.82, 2.24) is 0 Å². The van der Waals surface area contributed by atoms with Crippen LogP contribution in [0.5, 0.6) is 5.75 Å². The Morgan fingerprint density at radius 3 is 2.52 bits per heavy atom. The summed E-state index contributed by atoms with van der Waals surface area (Å²) in [6, 6.07) is 19.4. The lowest BCUT2D eigenvalue weighted by Gasteiger charge is -2.44. The van der Waals surface area contributed by atoms with Crippen LogP contribution in [0.3, 0.4) is 0 Å². The van der Waals surface area contributed by atoms with Crippen molar-refractivity contribution in [3.05, 3.63) is 93.2 Å². The third kappa shape index (κ3) is 5.40. The summed E-state index contributed by atoms with van der Waals surface area (Å²) in [6.07, 6.45) is -0.784. The van der Waals surface area contributed by atoms with Crippen LogP contribution in [-0.4, -0.2) is 18.8 Å². The topological polar surface area (TPSA) is 39.7 Å². The molecule has 0 saturated heterocycles. The highest BCUT2D eigenvalue weighted by molar-refractivity contribution is 9.10. The molecule has 1 N–H and O–H groups in total. The van der Waals surface area contributed by atoms with Crippen molar-refractivity contribution >= 4 is 21.6 Å². The highest BCUT2D eigenvalue weighted by Gasteiger charge is 2.45. The molecule has 1 aliphatic rings. The van der Waals surface area contributed by atoms with E-state index in [0.29, 0.717) is 16.6 Å². The van der Waals surface area contributed by atoms with Gasteiger partial charge in [-0.25, -0.2) is 4.39 Å². The van der Waals surface area contributed by atoms with Gasteiger partial charge in [0.15, 0.2) is 0 Å². The Morgan fingerprint density at radius 1 is 1.06 bits per heavy atom. The predicted molar refractivity (Wildman–Crippen MR) is 132 cm³/mol. The van der Waals surface area contributed by atoms with Crippen molar-refractivity contribution in [2.75, 3.05) is 12.4 Å². The molecule has 0 aromatic heterocycles. The Labute approximate surface area is 203 Å². The van der Waals surface area contributed by atoms with Gasteiger partial charge in [-0.15, -0.1) is 0 Å². The van der Waals surface area contributed by atoms with E-state index in [9.17, 15) is 4.39 Å². The van der Waals surface area contributed by atoms with Crippen LogP contribution < -0.4 is 10.1 Å². The quantitative estimate of drug-likeness (QED) is 0.370. The molecule has 0 bridgehead atoms. The van der Waals surface area contributed by atoms with Crippen LogP contribution in [0.2, 0.25) is 0 Å². The molecule has 6 heteroatoms. The minimum absolute atomic E-state index is 0.122. The molecule has 0 amide bonds. The summed E-state index contributed by atoms with van der Waals surface area (Å²) >= 11 is 3.29. The van der Waals surface area contributed by atoms with E-state index in [2.05, 4.69) is 52.4 Å². The van der Waals surface area contributed by atoms with E-state index in [1.165, 1.54) is 17.2 Å². The van der Waals surface area contributed by atoms with Gasteiger partial charge in [0.25, 0.3) is 0 Å². The Bertz CT molecular complexity index is 1120. The molecular weight excluding hydrogens is 485 g/mol. The Morgan fingerprint density at radius 2 is 1.82 bits per heavy atom. The standard InChI is InChI=1S/C27H29BrFNO3/c1-17-5-7-18(8-6-17)15-30-21-11-12-24-22(14-21)25(31-4)26(27(2,3)33-24)32-16-19-9-10-20(28)13-23(19)29/h5-14,25-26,30H,15-16H2,1-4H3. The van der Waals surface area contributed by atoms with Gasteiger partial charge in [-0.2, -0.15) is 0 Å². The van der Waals surface area contributed by atoms with Crippen molar-refractivity contribution < 1.29 is 18.6 Å². The Hall–Kier alpha value is -2.41. The van der Waals surface area contributed by atoms with Crippen molar-refractivity contribution in [3.8, 4) is 5.75 Å². The normalized spacial score (nSPS) is 19.0. The largest absolute Gasteiger partial charge is 0.485 e. The van der Waals surface area contributed by atoms with Gasteiger partial charge in [0.2, 0.25) is 0 Å². The fraction of sp³-hybridized carbons (Fsp3) is 0.333. The summed E-state index contributed by atoms with van der Waals surface area (Å²) in [5.74, 6) is 0.457. The Kier molecular flexibility index (Phi) is 7.07. The number of benzene rings is 3. The van der Waals surface area contributed by atoms with Gasteiger partial charge in [-0.3, -0.25) is 0 Å². The molecular formula is C27H29BrFNO3. The van der Waals surface area contributed by atoms with Crippen LogP contribution in [0.25, 0.3) is 0 Å². The highest BCUT2D eigenvalue weighted by atomic mass is 79.9. The van der Waals surface area contributed by atoms with Gasteiger partial charge < -0.3 is 19.5 Å². The van der Waals surface area contributed by atoms with Gasteiger partial charge >= 0.3 is 0 Å². The van der Waals surface area contributed by atoms with E-state index in [1.54, 1.807) is 19.2 Å². The maximum Gasteiger partial charge on any atom is 0.132 e. The number of rotatable bonds is 7. The lowest BCUT2D eigenvalue weighted by Crippen LogP contribution is -2.50. The van der Waals surface area contributed by atoms with Gasteiger partial charge in [-0.05, 0) is 56.7 Å². The number of ether oxygens (including phenoxy) is 3. The zero-order chi connectivity index (χ0) is 23.6. The molecule has 0 saturated carbocycles. The first-order valence-corrected chi connectivity index (χ1v) is 11.8. The molecule has 0 aliphatic carbocycles. The van der Waals surface area contributed by atoms with Gasteiger partial charge in [-0.1, -0.05) is 51.8 Å². The Balaban J connectivity index is 1.54. The van der Waals surface area contributed by atoms with E-state index >= 15 is 0 Å². The van der Waals surface area contributed by atoms with E-state index in [1.807, 2.05) is 32.0 Å². The van der Waals surface area contributed by atoms with Crippen LogP contribution in [0, 0.1) is 12.7 Å². The summed E-state index contributed by atoms with van der Waals surface area (Å²) in [5.41, 5.74) is 4.16. The zero-order valence-electron chi connectivity index (χ0n) is 19.3. The number of halogens is 2. The van der Waals surface area contributed by atoms with E-state index < -0.39 is 11.7 Å². The maximum absolute atomic E-state index is 14.3.